The molecule has 0 unspecified atom stereocenters. The van der Waals surface area contributed by atoms with Crippen LogP contribution in [0.5, 0.6) is 0 Å². The minimum absolute atomic E-state index is 0. The molecule has 0 aromatic heterocycles. The fraction of sp³-hybridized carbons (Fsp3) is 0.434. The Bertz CT molecular complexity index is 1930. The topological polar surface area (TPSA) is 0 Å². The number of hydrogen-bond acceptors (Lipinski definition) is 0. The number of halogens is 2. The number of rotatable bonds is 2. The van der Waals surface area contributed by atoms with Crippen molar-refractivity contribution < 1.29 is 49.0 Å². The van der Waals surface area contributed by atoms with E-state index >= 15 is 0 Å². The molecule has 5 aromatic carbocycles. The van der Waals surface area contributed by atoms with Gasteiger partial charge in [0.05, 0.1) is 0 Å². The van der Waals surface area contributed by atoms with Gasteiger partial charge in [-0.3, -0.25) is 0 Å². The Balaban J connectivity index is 0.000000300. The molecule has 6 rings (SSSR count). The fourth-order valence-corrected chi connectivity index (χ4v) is 7.90. The maximum Gasteiger partial charge on any atom is -0.0632 e. The van der Waals surface area contributed by atoms with E-state index in [1.54, 1.807) is 0 Å². The van der Waals surface area contributed by atoms with Crippen molar-refractivity contribution in [1.29, 1.82) is 0 Å². The van der Waals surface area contributed by atoms with Gasteiger partial charge in [-0.1, -0.05) is 105 Å². The Morgan fingerprint density at radius 3 is 1.30 bits per heavy atom. The molecule has 0 N–H and O–H groups in total. The minimum atomic E-state index is 0. The zero-order valence-corrected chi connectivity index (χ0v) is 41.6. The van der Waals surface area contributed by atoms with Gasteiger partial charge in [-0.15, -0.1) is 11.1 Å². The van der Waals surface area contributed by atoms with Crippen LogP contribution in [0.2, 0.25) is 0 Å². The molecule has 0 amide bonds. The van der Waals surface area contributed by atoms with E-state index in [4.69, 9.17) is 0 Å². The molecule has 0 heterocycles. The van der Waals surface area contributed by atoms with Crippen molar-refractivity contribution in [3.63, 3.8) is 0 Å². The maximum absolute atomic E-state index is 3.67. The molecule has 0 nitrogen and oxygen atoms in total. The summed E-state index contributed by atoms with van der Waals surface area (Å²) in [5.41, 5.74) is 19.2. The van der Waals surface area contributed by atoms with Gasteiger partial charge in [0, 0.05) is 0 Å². The van der Waals surface area contributed by atoms with Crippen molar-refractivity contribution in [2.75, 3.05) is 0 Å². The third kappa shape index (κ3) is 12.8. The van der Waals surface area contributed by atoms with Gasteiger partial charge in [0.15, 0.2) is 0 Å². The second kappa shape index (κ2) is 18.7. The van der Waals surface area contributed by atoms with Crippen LogP contribution < -0.4 is 24.8 Å². The first-order valence-corrected chi connectivity index (χ1v) is 21.1. The van der Waals surface area contributed by atoms with E-state index in [9.17, 15) is 0 Å². The normalized spacial score (nSPS) is 12.5. The van der Waals surface area contributed by atoms with E-state index in [1.807, 2.05) is 0 Å². The van der Waals surface area contributed by atoms with Crippen LogP contribution in [0.25, 0.3) is 11.1 Å². The molecule has 0 bridgehead atoms. The third-order valence-electron chi connectivity index (χ3n) is 10.6. The van der Waals surface area contributed by atoms with E-state index < -0.39 is 0 Å². The van der Waals surface area contributed by atoms with Crippen molar-refractivity contribution in [2.45, 2.75) is 151 Å². The monoisotopic (exact) mass is 864 g/mol. The predicted octanol–water partition coefficient (Wildman–Crippen LogP) is 8.38. The minimum Gasteiger partial charge on any atom is -1.00 e. The van der Waals surface area contributed by atoms with E-state index in [1.165, 1.54) is 99.8 Å². The van der Waals surface area contributed by atoms with Crippen LogP contribution in [0.3, 0.4) is 0 Å². The standard InChI is InChI=1S/C21H25.C21H26.C11H17.2ClH.Zr/c1-20(2,3)16-7-9-18-14(12-16)11-15-13-17(21(4,5)6)8-10-19(15)18;1-20(2,3)18-11-7-16(8-12-18)15-17-9-13-19(14-10-17)21(4,5)6;1-8-6-9(2)10(7-8)11(3,4)5;;;/h7-10,12H,11H2,1-6H3;7-14H,1-6H3;6-7H,1-5H3;2*1H;/q-1;;-1;;;+2/p-2. The predicted molar refractivity (Wildman–Crippen MR) is 235 cm³/mol. The molecule has 0 atom stereocenters. The molecule has 0 fully saturated rings. The van der Waals surface area contributed by atoms with Crippen LogP contribution in [0.1, 0.15) is 165 Å². The molecule has 3 heteroatoms. The smallest absolute Gasteiger partial charge is 0.0632 e. The molecule has 0 spiro atoms. The molecular weight excluding hydrogens is 799 g/mol. The summed E-state index contributed by atoms with van der Waals surface area (Å²) >= 11 is 1.46. The van der Waals surface area contributed by atoms with Gasteiger partial charge in [0.2, 0.25) is 0 Å². The van der Waals surface area contributed by atoms with Crippen molar-refractivity contribution in [3.05, 3.63) is 158 Å². The van der Waals surface area contributed by atoms with Gasteiger partial charge in [-0.25, -0.2) is 6.07 Å². The molecule has 0 saturated heterocycles. The summed E-state index contributed by atoms with van der Waals surface area (Å²) in [5.74, 6) is 0. The second-order valence-electron chi connectivity index (χ2n) is 20.7. The third-order valence-corrected chi connectivity index (χ3v) is 12.0. The summed E-state index contributed by atoms with van der Waals surface area (Å²) in [7, 11) is 0. The van der Waals surface area contributed by atoms with Crippen LogP contribution in [-0.4, -0.2) is 3.21 Å². The zero-order chi connectivity index (χ0) is 40.6. The molecule has 0 saturated carbocycles. The molecular formula is C53H68Cl2Zr-2. The summed E-state index contributed by atoms with van der Waals surface area (Å²) in [5, 5.41) is 0. The van der Waals surface area contributed by atoms with E-state index in [0.717, 1.165) is 6.42 Å². The summed E-state index contributed by atoms with van der Waals surface area (Å²) in [6.45, 7) is 38.3. The van der Waals surface area contributed by atoms with Crippen molar-refractivity contribution >= 4 is 3.21 Å². The van der Waals surface area contributed by atoms with Gasteiger partial charge in [0.25, 0.3) is 0 Å². The second-order valence-corrected chi connectivity index (χ2v) is 22.0. The Kier molecular flexibility index (Phi) is 16.6. The van der Waals surface area contributed by atoms with Crippen LogP contribution in [0, 0.1) is 19.9 Å². The van der Waals surface area contributed by atoms with Gasteiger partial charge in [-0.05, 0) is 28.4 Å². The van der Waals surface area contributed by atoms with Crippen molar-refractivity contribution in [3.8, 4) is 11.1 Å². The number of fused-ring (bicyclic) bond motifs is 3. The molecule has 0 aliphatic heterocycles. The summed E-state index contributed by atoms with van der Waals surface area (Å²) in [4.78, 5) is 0. The quantitative estimate of drug-likeness (QED) is 0.154. The molecule has 0 radical (unpaired) electrons. The van der Waals surface area contributed by atoms with Crippen LogP contribution in [-0.2, 0) is 57.7 Å². The molecule has 1 aliphatic rings. The Labute approximate surface area is 370 Å². The van der Waals surface area contributed by atoms with E-state index in [2.05, 4.69) is 215 Å². The van der Waals surface area contributed by atoms with Gasteiger partial charge in [-0.2, -0.15) is 46.5 Å². The van der Waals surface area contributed by atoms with Crippen LogP contribution in [0.4, 0.5) is 0 Å². The van der Waals surface area contributed by atoms with Crippen LogP contribution >= 0.6 is 0 Å². The first-order chi connectivity index (χ1) is 24.7. The zero-order valence-electron chi connectivity index (χ0n) is 37.6. The molecule has 1 aliphatic carbocycles. The Hall–Kier alpha value is -2.44. The number of hydrogen-bond donors (Lipinski definition) is 0. The summed E-state index contributed by atoms with van der Waals surface area (Å²) < 4.78 is 1.42. The van der Waals surface area contributed by atoms with Gasteiger partial charge < -0.3 is 24.8 Å². The van der Waals surface area contributed by atoms with Crippen LogP contribution in [0.15, 0.2) is 91.0 Å². The number of aryl methyl sites for hydroxylation is 2. The molecule has 5 aromatic rings. The largest absolute Gasteiger partial charge is 1.00 e. The average Bonchev–Trinajstić information content (AvgIpc) is 3.61. The van der Waals surface area contributed by atoms with E-state index in [-0.39, 0.29) is 46.5 Å². The van der Waals surface area contributed by atoms with Gasteiger partial charge in [0.1, 0.15) is 0 Å². The van der Waals surface area contributed by atoms with Crippen molar-refractivity contribution in [2.24, 2.45) is 0 Å². The summed E-state index contributed by atoms with van der Waals surface area (Å²) in [6, 6.07) is 37.8. The molecule has 56 heavy (non-hydrogen) atoms. The SMILES string of the molecule is CC(C)(C)c1[c-]c2c(cc1)-c1ccc(C(C)(C)C)cc1C2.CC(C)(C)c1ccc([C](=[Zr+2])c2ccc(C(C)(C)C)cc2)cc1.Cc1cc(C(C)(C)C)c(C)[cH-]1.[Cl-].[Cl-]. The fourth-order valence-electron chi connectivity index (χ4n) is 7.08. The number of benzene rings is 4. The van der Waals surface area contributed by atoms with E-state index in [0.29, 0.717) is 5.41 Å². The summed E-state index contributed by atoms with van der Waals surface area (Å²) in [6.07, 6.45) is 1.03. The maximum atomic E-state index is 3.67. The first kappa shape index (κ1) is 49.7. The Morgan fingerprint density at radius 2 is 0.946 bits per heavy atom. The molecule has 300 valence electrons. The average molecular weight is 867 g/mol. The Morgan fingerprint density at radius 1 is 0.518 bits per heavy atom. The first-order valence-electron chi connectivity index (χ1n) is 19.9. The van der Waals surface area contributed by atoms with Crippen molar-refractivity contribution in [1.82, 2.24) is 0 Å². The van der Waals surface area contributed by atoms with Gasteiger partial charge >= 0.3 is 151 Å².